The number of ketones is 3. The Balaban J connectivity index is 0.621. The summed E-state index contributed by atoms with van der Waals surface area (Å²) in [4.78, 5) is 94.6. The fourth-order valence-electron chi connectivity index (χ4n) is 14.3. The molecule has 21 heteroatoms. The number of ether oxygens (including phenoxy) is 7. The van der Waals surface area contributed by atoms with Gasteiger partial charge in [0.15, 0.2) is 29.1 Å². The Hall–Kier alpha value is -7.03. The number of alkyl halides is 2. The summed E-state index contributed by atoms with van der Waals surface area (Å²) < 4.78 is 75.4. The van der Waals surface area contributed by atoms with Gasteiger partial charge in [0.2, 0.25) is 29.4 Å². The Morgan fingerprint density at radius 3 is 2.16 bits per heavy atom. The number of hydrogen-bond donors (Lipinski definition) is 4. The fraction of sp³-hybridized carbons (Fsp3) is 0.557. The van der Waals surface area contributed by atoms with Crippen LogP contribution in [0.5, 0.6) is 5.75 Å². The van der Waals surface area contributed by atoms with Crippen LogP contribution < -0.4 is 25.6 Å². The number of fused-ring (bicyclic) bond motifs is 9. The minimum atomic E-state index is -2.34. The van der Waals surface area contributed by atoms with Gasteiger partial charge in [0.25, 0.3) is 0 Å². The van der Waals surface area contributed by atoms with E-state index in [9.17, 15) is 38.7 Å². The van der Waals surface area contributed by atoms with Gasteiger partial charge in [-0.1, -0.05) is 89.3 Å². The molecule has 91 heavy (non-hydrogen) atoms. The van der Waals surface area contributed by atoms with Gasteiger partial charge in [0.1, 0.15) is 18.5 Å². The van der Waals surface area contributed by atoms with Crippen molar-refractivity contribution in [3.05, 3.63) is 113 Å². The van der Waals surface area contributed by atoms with Crippen molar-refractivity contribution in [1.82, 2.24) is 10.6 Å². The molecule has 0 aromatic heterocycles. The first-order chi connectivity index (χ1) is 43.6. The number of anilines is 2. The highest BCUT2D eigenvalue weighted by atomic mass is 19.1. The van der Waals surface area contributed by atoms with Crippen molar-refractivity contribution < 1.29 is 80.6 Å². The normalized spacial score (nSPS) is 27.4. The number of benzene rings is 3. The lowest BCUT2D eigenvalue weighted by atomic mass is 9.44. The average Bonchev–Trinajstić information content (AvgIpc) is 1.58. The summed E-state index contributed by atoms with van der Waals surface area (Å²) in [5.41, 5.74) is -3.04. The van der Waals surface area contributed by atoms with E-state index < -0.39 is 94.6 Å². The van der Waals surface area contributed by atoms with Crippen molar-refractivity contribution >= 4 is 52.4 Å². The first kappa shape index (κ1) is 68.3. The third-order valence-electron chi connectivity index (χ3n) is 19.0. The van der Waals surface area contributed by atoms with E-state index in [1.807, 2.05) is 55.5 Å². The Bertz CT molecular complexity index is 3270. The second-order valence-electron chi connectivity index (χ2n) is 25.3. The maximum absolute atomic E-state index is 17.9. The molecule has 4 amide bonds. The SMILES string of the molecule is CCC[C@@H]1O[C@@H]2C[C@H]3[C@@H]4C[C@H](F)C5=CC(=O)C=C[C@]5(C)[C@@]4(F)[C@@H](O)C[C@]3(C)[C@]2(C(=O)COc2ccc(NC(=O)[C@H](C)CC(=O)[C@@H](NC(=O)CCOCCOCCOCCOCCNC(=O)CCC(=O)N3Cc4ccccc4C#Cc4ccccc43)C(C)C)cc2)O1. The summed E-state index contributed by atoms with van der Waals surface area (Å²) in [5, 5.41) is 20.4. The van der Waals surface area contributed by atoms with Crippen molar-refractivity contribution in [2.75, 3.05) is 76.2 Å². The summed E-state index contributed by atoms with van der Waals surface area (Å²) in [6, 6.07) is 20.7. The molecular formula is C70H86F2N4O15. The highest BCUT2D eigenvalue weighted by molar-refractivity contribution is 6.02. The molecule has 6 aliphatic rings. The lowest BCUT2D eigenvalue weighted by molar-refractivity contribution is -0.234. The van der Waals surface area contributed by atoms with Crippen LogP contribution in [-0.4, -0.2) is 154 Å². The zero-order valence-corrected chi connectivity index (χ0v) is 52.9. The summed E-state index contributed by atoms with van der Waals surface area (Å²) >= 11 is 0. The van der Waals surface area contributed by atoms with Gasteiger partial charge in [-0.3, -0.25) is 33.6 Å². The molecule has 2 aliphatic heterocycles. The molecule has 0 radical (unpaired) electrons. The van der Waals surface area contributed by atoms with E-state index in [1.165, 1.54) is 19.1 Å². The summed E-state index contributed by atoms with van der Waals surface area (Å²) in [5.74, 6) is 1.59. The van der Waals surface area contributed by atoms with Gasteiger partial charge in [0.05, 0.1) is 83.3 Å². The second kappa shape index (κ2) is 30.2. The fourth-order valence-corrected chi connectivity index (χ4v) is 14.3. The van der Waals surface area contributed by atoms with Crippen LogP contribution in [0.25, 0.3) is 0 Å². The quantitative estimate of drug-likeness (QED) is 0.0355. The van der Waals surface area contributed by atoms with Gasteiger partial charge in [0, 0.05) is 71.7 Å². The van der Waals surface area contributed by atoms with Gasteiger partial charge >= 0.3 is 0 Å². The van der Waals surface area contributed by atoms with Gasteiger partial charge in [-0.05, 0) is 110 Å². The number of para-hydroxylation sites is 1. The molecule has 0 bridgehead atoms. The molecule has 2 heterocycles. The molecule has 9 rings (SSSR count). The molecular weight excluding hydrogens is 1170 g/mol. The third kappa shape index (κ3) is 14.9. The monoisotopic (exact) mass is 1260 g/mol. The van der Waals surface area contributed by atoms with E-state index in [0.29, 0.717) is 57.3 Å². The predicted octanol–water partition coefficient (Wildman–Crippen LogP) is 7.82. The van der Waals surface area contributed by atoms with E-state index >= 15 is 8.78 Å². The summed E-state index contributed by atoms with van der Waals surface area (Å²) in [7, 11) is 0. The van der Waals surface area contributed by atoms with Crippen molar-refractivity contribution in [2.24, 2.45) is 34.5 Å². The van der Waals surface area contributed by atoms with Crippen molar-refractivity contribution in [2.45, 2.75) is 148 Å². The number of carbonyl (C=O) groups excluding carboxylic acids is 7. The van der Waals surface area contributed by atoms with E-state index in [2.05, 4.69) is 27.8 Å². The van der Waals surface area contributed by atoms with Gasteiger partial charge in [-0.15, -0.1) is 0 Å². The number of aliphatic hydroxyl groups excluding tert-OH is 1. The van der Waals surface area contributed by atoms with Crippen LogP contribution in [-0.2, 0) is 68.5 Å². The Morgan fingerprint density at radius 2 is 1.46 bits per heavy atom. The number of hydrogen-bond acceptors (Lipinski definition) is 15. The van der Waals surface area contributed by atoms with Gasteiger partial charge < -0.3 is 59.1 Å². The molecule has 19 nitrogen and oxygen atoms in total. The van der Waals surface area contributed by atoms with Gasteiger partial charge in [-0.2, -0.15) is 0 Å². The smallest absolute Gasteiger partial charge is 0.227 e. The maximum Gasteiger partial charge on any atom is 0.227 e. The first-order valence-electron chi connectivity index (χ1n) is 31.9. The van der Waals surface area contributed by atoms with Crippen molar-refractivity contribution in [3.63, 3.8) is 0 Å². The Morgan fingerprint density at radius 1 is 0.802 bits per heavy atom. The lowest BCUT2D eigenvalue weighted by Crippen LogP contribution is -2.71. The topological polar surface area (TPSA) is 244 Å². The molecule has 4 N–H and O–H groups in total. The Labute approximate surface area is 531 Å². The maximum atomic E-state index is 17.9. The third-order valence-corrected chi connectivity index (χ3v) is 19.0. The number of nitrogens with one attached hydrogen (secondary N) is 3. The number of nitrogens with zero attached hydrogens (tertiary/aromatic N) is 1. The number of halogens is 2. The molecule has 4 fully saturated rings. The average molecular weight is 1260 g/mol. The van der Waals surface area contributed by atoms with Crippen molar-refractivity contribution in [3.8, 4) is 17.6 Å². The first-order valence-corrected chi connectivity index (χ1v) is 31.9. The highest BCUT2D eigenvalue weighted by Crippen LogP contribution is 2.72. The molecule has 4 aliphatic carbocycles. The van der Waals surface area contributed by atoms with Crippen LogP contribution in [0.4, 0.5) is 20.2 Å². The van der Waals surface area contributed by atoms with E-state index in [4.69, 9.17) is 33.2 Å². The number of aliphatic hydroxyl groups is 1. The summed E-state index contributed by atoms with van der Waals surface area (Å²) in [6.45, 7) is 12.9. The number of Topliss-reactive ketones (excluding diaryl/α,β-unsaturated/α-hetero) is 2. The van der Waals surface area contributed by atoms with E-state index in [0.717, 1.165) is 28.5 Å². The van der Waals surface area contributed by atoms with Crippen LogP contribution in [0.15, 0.2) is 96.6 Å². The number of carbonyl (C=O) groups is 7. The minimum absolute atomic E-state index is 0.00567. The number of amides is 4. The predicted molar refractivity (Wildman–Crippen MR) is 333 cm³/mol. The molecule has 1 saturated heterocycles. The van der Waals surface area contributed by atoms with Crippen LogP contribution in [0, 0.1) is 46.3 Å². The minimum Gasteiger partial charge on any atom is -0.486 e. The molecule has 0 unspecified atom stereocenters. The summed E-state index contributed by atoms with van der Waals surface area (Å²) in [6.07, 6.45) is -0.192. The van der Waals surface area contributed by atoms with Gasteiger partial charge in [-0.25, -0.2) is 8.78 Å². The molecule has 12 atom stereocenters. The standard InChI is InChI=1S/C70H86F2N4O15/c1-7-12-64-90-60-40-52-53-39-55(71)54-38-50(77)25-27-67(54,5)69(53,72)58(79)41-68(52,6)70(60,91-64)59(80)43-89-51-21-19-49(20-22-51)74-66(84)45(4)37-57(78)65(44(2)3)75-62(82)26-29-85-31-33-87-35-36-88-34-32-86-30-28-73-61(81)23-24-63(83)76-42-48-15-9-8-13-46(48)17-18-47-14-10-11-16-56(47)76/h8-11,13-16,19-22,25,27,38,44-45,52-53,55,58,60,64-65,79H,7,12,23-24,26,28-37,39-43H2,1-6H3,(H,73,81)(H,74,84)(H,75,82)/t45-,52+,53+,55+,58+,60-,64-,65+,67+,68+,69+,70-/m1/s1. The van der Waals surface area contributed by atoms with Crippen LogP contribution in [0.2, 0.25) is 0 Å². The molecule has 3 aromatic rings. The zero-order valence-electron chi connectivity index (χ0n) is 52.9. The highest BCUT2D eigenvalue weighted by Gasteiger charge is 2.80. The van der Waals surface area contributed by atoms with Crippen LogP contribution in [0.1, 0.15) is 116 Å². The van der Waals surface area contributed by atoms with E-state index in [-0.39, 0.29) is 113 Å². The lowest BCUT2D eigenvalue weighted by Gasteiger charge is -2.63. The molecule has 490 valence electrons. The molecule has 3 saturated carbocycles. The second-order valence-corrected chi connectivity index (χ2v) is 25.3. The van der Waals surface area contributed by atoms with Crippen LogP contribution >= 0.6 is 0 Å². The Kier molecular flexibility index (Phi) is 22.6. The van der Waals surface area contributed by atoms with Crippen molar-refractivity contribution in [1.29, 1.82) is 0 Å². The number of rotatable bonds is 31. The van der Waals surface area contributed by atoms with E-state index in [1.54, 1.807) is 56.9 Å². The number of allylic oxidation sites excluding steroid dienone is 4. The zero-order chi connectivity index (χ0) is 65.1. The molecule has 3 aromatic carbocycles. The van der Waals surface area contributed by atoms with Crippen LogP contribution in [0.3, 0.4) is 0 Å². The largest absolute Gasteiger partial charge is 0.486 e. The molecule has 0 spiro atoms.